The van der Waals surface area contributed by atoms with Crippen molar-refractivity contribution in [1.82, 2.24) is 14.9 Å². The molecular formula is C15H15F2N3. The molecule has 2 heterocycles. The number of rotatable bonds is 2. The number of aryl methyl sites for hydroxylation is 1. The van der Waals surface area contributed by atoms with Crippen LogP contribution in [-0.2, 0) is 19.5 Å². The highest BCUT2D eigenvalue weighted by atomic mass is 19.1. The SMILES string of the molecule is Cc1ncc2c(n1)CCN(Cc1ccc(F)cc1F)C2. The average Bonchev–Trinajstić information content (AvgIpc) is 2.42. The molecule has 0 unspecified atom stereocenters. The molecule has 20 heavy (non-hydrogen) atoms. The minimum Gasteiger partial charge on any atom is -0.294 e. The van der Waals surface area contributed by atoms with Crippen LogP contribution in [0.2, 0.25) is 0 Å². The standard InChI is InChI=1S/C15H15F2N3/c1-10-18-7-12-9-20(5-4-15(12)19-10)8-11-2-3-13(16)6-14(11)17/h2-3,6-7H,4-5,8-9H2,1H3. The molecule has 5 heteroatoms. The van der Waals surface area contributed by atoms with Crippen molar-refractivity contribution >= 4 is 0 Å². The lowest BCUT2D eigenvalue weighted by Crippen LogP contribution is -2.31. The molecule has 2 aromatic rings. The Morgan fingerprint density at radius 1 is 1.30 bits per heavy atom. The summed E-state index contributed by atoms with van der Waals surface area (Å²) in [6.45, 7) is 3.87. The number of hydrogen-bond donors (Lipinski definition) is 0. The Morgan fingerprint density at radius 2 is 2.15 bits per heavy atom. The van der Waals surface area contributed by atoms with Gasteiger partial charge in [-0.05, 0) is 13.0 Å². The lowest BCUT2D eigenvalue weighted by Gasteiger charge is -2.28. The molecule has 104 valence electrons. The summed E-state index contributed by atoms with van der Waals surface area (Å²) >= 11 is 0. The summed E-state index contributed by atoms with van der Waals surface area (Å²) in [6, 6.07) is 3.73. The molecular weight excluding hydrogens is 260 g/mol. The predicted molar refractivity (Wildman–Crippen MR) is 70.9 cm³/mol. The highest BCUT2D eigenvalue weighted by molar-refractivity contribution is 5.22. The van der Waals surface area contributed by atoms with E-state index in [1.165, 1.54) is 12.1 Å². The van der Waals surface area contributed by atoms with Crippen LogP contribution in [0.4, 0.5) is 8.78 Å². The van der Waals surface area contributed by atoms with Gasteiger partial charge in [0.25, 0.3) is 0 Å². The summed E-state index contributed by atoms with van der Waals surface area (Å²) in [7, 11) is 0. The van der Waals surface area contributed by atoms with Crippen molar-refractivity contribution in [2.75, 3.05) is 6.54 Å². The van der Waals surface area contributed by atoms with E-state index in [1.54, 1.807) is 0 Å². The van der Waals surface area contributed by atoms with E-state index in [2.05, 4.69) is 14.9 Å². The fraction of sp³-hybridized carbons (Fsp3) is 0.333. The van der Waals surface area contributed by atoms with Crippen LogP contribution >= 0.6 is 0 Å². The van der Waals surface area contributed by atoms with Gasteiger partial charge in [-0.15, -0.1) is 0 Å². The van der Waals surface area contributed by atoms with Crippen LogP contribution in [0.5, 0.6) is 0 Å². The van der Waals surface area contributed by atoms with Gasteiger partial charge in [0.2, 0.25) is 0 Å². The highest BCUT2D eigenvalue weighted by Gasteiger charge is 2.19. The molecule has 3 nitrogen and oxygen atoms in total. The van der Waals surface area contributed by atoms with Gasteiger partial charge in [0.1, 0.15) is 17.5 Å². The molecule has 1 aromatic carbocycles. The monoisotopic (exact) mass is 275 g/mol. The first-order valence-electron chi connectivity index (χ1n) is 6.59. The Balaban J connectivity index is 1.75. The van der Waals surface area contributed by atoms with E-state index in [0.29, 0.717) is 18.7 Å². The van der Waals surface area contributed by atoms with Crippen molar-refractivity contribution in [2.45, 2.75) is 26.4 Å². The van der Waals surface area contributed by atoms with Crippen molar-refractivity contribution in [3.63, 3.8) is 0 Å². The first-order chi connectivity index (χ1) is 9.61. The summed E-state index contributed by atoms with van der Waals surface area (Å²) in [5.74, 6) is -0.253. The van der Waals surface area contributed by atoms with Gasteiger partial charge in [0, 0.05) is 55.1 Å². The lowest BCUT2D eigenvalue weighted by atomic mass is 10.1. The Hall–Kier alpha value is -1.88. The van der Waals surface area contributed by atoms with E-state index in [-0.39, 0.29) is 0 Å². The van der Waals surface area contributed by atoms with E-state index in [1.807, 2.05) is 13.1 Å². The third-order valence-corrected chi connectivity index (χ3v) is 3.54. The zero-order valence-electron chi connectivity index (χ0n) is 11.2. The molecule has 0 N–H and O–H groups in total. The third-order valence-electron chi connectivity index (χ3n) is 3.54. The second-order valence-corrected chi connectivity index (χ2v) is 5.09. The number of fused-ring (bicyclic) bond motifs is 1. The second-order valence-electron chi connectivity index (χ2n) is 5.09. The minimum atomic E-state index is -0.542. The van der Waals surface area contributed by atoms with E-state index in [4.69, 9.17) is 0 Å². The molecule has 0 fully saturated rings. The van der Waals surface area contributed by atoms with Gasteiger partial charge < -0.3 is 0 Å². The maximum atomic E-state index is 13.7. The zero-order chi connectivity index (χ0) is 14.1. The molecule has 0 amide bonds. The molecule has 0 bridgehead atoms. The number of halogens is 2. The van der Waals surface area contributed by atoms with E-state index in [0.717, 1.165) is 36.1 Å². The third kappa shape index (κ3) is 2.67. The maximum Gasteiger partial charge on any atom is 0.130 e. The quantitative estimate of drug-likeness (QED) is 0.843. The Bertz CT molecular complexity index is 643. The molecule has 1 aliphatic heterocycles. The number of hydrogen-bond acceptors (Lipinski definition) is 3. The number of benzene rings is 1. The topological polar surface area (TPSA) is 29.0 Å². The van der Waals surface area contributed by atoms with Crippen LogP contribution in [-0.4, -0.2) is 21.4 Å². The van der Waals surface area contributed by atoms with Crippen LogP contribution in [0.1, 0.15) is 22.6 Å². The molecule has 0 aliphatic carbocycles. The molecule has 1 aliphatic rings. The minimum absolute atomic E-state index is 0.472. The van der Waals surface area contributed by atoms with Gasteiger partial charge in [-0.3, -0.25) is 4.90 Å². The summed E-state index contributed by atoms with van der Waals surface area (Å²) < 4.78 is 26.6. The van der Waals surface area contributed by atoms with Crippen molar-refractivity contribution in [3.8, 4) is 0 Å². The molecule has 1 aromatic heterocycles. The van der Waals surface area contributed by atoms with Crippen LogP contribution in [0, 0.1) is 18.6 Å². The zero-order valence-corrected chi connectivity index (χ0v) is 11.2. The predicted octanol–water partition coefficient (Wildman–Crippen LogP) is 2.62. The second kappa shape index (κ2) is 5.25. The normalized spacial score (nSPS) is 15.2. The Labute approximate surface area is 116 Å². The summed E-state index contributed by atoms with van der Waals surface area (Å²) in [5, 5.41) is 0. The van der Waals surface area contributed by atoms with E-state index in [9.17, 15) is 8.78 Å². The highest BCUT2D eigenvalue weighted by Crippen LogP contribution is 2.20. The molecule has 0 radical (unpaired) electrons. The maximum absolute atomic E-state index is 13.7. The molecule has 0 atom stereocenters. The van der Waals surface area contributed by atoms with Gasteiger partial charge >= 0.3 is 0 Å². The van der Waals surface area contributed by atoms with Crippen LogP contribution in [0.3, 0.4) is 0 Å². The first kappa shape index (κ1) is 13.1. The fourth-order valence-electron chi connectivity index (χ4n) is 2.50. The molecule has 3 rings (SSSR count). The van der Waals surface area contributed by atoms with Crippen molar-refractivity contribution in [3.05, 3.63) is 58.7 Å². The van der Waals surface area contributed by atoms with Crippen LogP contribution in [0.25, 0.3) is 0 Å². The van der Waals surface area contributed by atoms with E-state index < -0.39 is 11.6 Å². The number of nitrogens with zero attached hydrogens (tertiary/aromatic N) is 3. The summed E-state index contributed by atoms with van der Waals surface area (Å²) in [4.78, 5) is 10.7. The van der Waals surface area contributed by atoms with Crippen LogP contribution < -0.4 is 0 Å². The molecule has 0 saturated carbocycles. The number of aromatic nitrogens is 2. The molecule has 0 saturated heterocycles. The van der Waals surface area contributed by atoms with Gasteiger partial charge in [-0.2, -0.15) is 0 Å². The van der Waals surface area contributed by atoms with E-state index >= 15 is 0 Å². The smallest absolute Gasteiger partial charge is 0.130 e. The molecule has 0 spiro atoms. The van der Waals surface area contributed by atoms with Crippen molar-refractivity contribution in [1.29, 1.82) is 0 Å². The van der Waals surface area contributed by atoms with Gasteiger partial charge in [0.15, 0.2) is 0 Å². The van der Waals surface area contributed by atoms with Crippen LogP contribution in [0.15, 0.2) is 24.4 Å². The fourth-order valence-corrected chi connectivity index (χ4v) is 2.50. The van der Waals surface area contributed by atoms with Gasteiger partial charge in [-0.25, -0.2) is 18.7 Å². The summed E-state index contributed by atoms with van der Waals surface area (Å²) in [6.07, 6.45) is 2.67. The lowest BCUT2D eigenvalue weighted by molar-refractivity contribution is 0.239. The summed E-state index contributed by atoms with van der Waals surface area (Å²) in [5.41, 5.74) is 2.68. The van der Waals surface area contributed by atoms with Crippen molar-refractivity contribution < 1.29 is 8.78 Å². The Morgan fingerprint density at radius 3 is 2.95 bits per heavy atom. The average molecular weight is 275 g/mol. The van der Waals surface area contributed by atoms with Crippen molar-refractivity contribution in [2.24, 2.45) is 0 Å². The largest absolute Gasteiger partial charge is 0.294 e. The Kier molecular flexibility index (Phi) is 3.44. The first-order valence-corrected chi connectivity index (χ1v) is 6.59. The van der Waals surface area contributed by atoms with Gasteiger partial charge in [0.05, 0.1) is 0 Å². The van der Waals surface area contributed by atoms with Gasteiger partial charge in [-0.1, -0.05) is 6.07 Å².